The molecule has 192 valence electrons. The SMILES string of the molecule is C=C(C)c1cc(N)ccc1N.Nc1ccc(Oc2cc(OC(F)(F)F)ccc2-c2ccccc2)c(N)c1. The smallest absolute Gasteiger partial charge is 0.454 e. The highest BCUT2D eigenvalue weighted by Crippen LogP contribution is 2.39. The van der Waals surface area contributed by atoms with Crippen molar-refractivity contribution in [2.75, 3.05) is 22.9 Å². The molecule has 0 aliphatic carbocycles. The third kappa shape index (κ3) is 7.60. The van der Waals surface area contributed by atoms with E-state index in [4.69, 9.17) is 27.7 Å². The van der Waals surface area contributed by atoms with E-state index in [0.717, 1.165) is 28.1 Å². The maximum absolute atomic E-state index is 12.5. The van der Waals surface area contributed by atoms with E-state index in [1.165, 1.54) is 24.3 Å². The fourth-order valence-corrected chi connectivity index (χ4v) is 3.36. The first-order valence-corrected chi connectivity index (χ1v) is 11.0. The number of hydrogen-bond acceptors (Lipinski definition) is 6. The van der Waals surface area contributed by atoms with Crippen molar-refractivity contribution in [3.05, 3.63) is 97.1 Å². The Morgan fingerprint density at radius 1 is 0.730 bits per heavy atom. The van der Waals surface area contributed by atoms with E-state index in [0.29, 0.717) is 11.3 Å². The summed E-state index contributed by atoms with van der Waals surface area (Å²) in [6.07, 6.45) is -4.80. The number of hydrogen-bond donors (Lipinski definition) is 4. The zero-order valence-corrected chi connectivity index (χ0v) is 20.0. The number of alkyl halides is 3. The molecule has 9 heteroatoms. The van der Waals surface area contributed by atoms with E-state index in [-0.39, 0.29) is 22.9 Å². The van der Waals surface area contributed by atoms with Gasteiger partial charge >= 0.3 is 6.36 Å². The summed E-state index contributed by atoms with van der Waals surface area (Å²) >= 11 is 0. The summed E-state index contributed by atoms with van der Waals surface area (Å²) in [5, 5.41) is 0. The molecule has 0 unspecified atom stereocenters. The number of benzene rings is 4. The van der Waals surface area contributed by atoms with E-state index in [2.05, 4.69) is 11.3 Å². The van der Waals surface area contributed by atoms with Gasteiger partial charge in [-0.25, -0.2) is 0 Å². The molecule has 0 fully saturated rings. The Bertz CT molecular complexity index is 1390. The first-order valence-electron chi connectivity index (χ1n) is 11.0. The molecule has 6 nitrogen and oxygen atoms in total. The van der Waals surface area contributed by atoms with Crippen LogP contribution in [0.1, 0.15) is 12.5 Å². The quantitative estimate of drug-likeness (QED) is 0.213. The average molecular weight is 509 g/mol. The highest BCUT2D eigenvalue weighted by Gasteiger charge is 2.31. The van der Waals surface area contributed by atoms with Gasteiger partial charge in [0.2, 0.25) is 0 Å². The number of nitrogens with two attached hydrogens (primary N) is 4. The normalized spacial score (nSPS) is 10.7. The van der Waals surface area contributed by atoms with Crippen LogP contribution in [0.25, 0.3) is 16.7 Å². The largest absolute Gasteiger partial charge is 0.573 e. The topological polar surface area (TPSA) is 123 Å². The molecular formula is C28H27F3N4O2. The molecule has 0 spiro atoms. The third-order valence-electron chi connectivity index (χ3n) is 5.06. The summed E-state index contributed by atoms with van der Waals surface area (Å²) in [6, 6.07) is 23.1. The van der Waals surface area contributed by atoms with Crippen LogP contribution < -0.4 is 32.4 Å². The molecule has 4 aromatic rings. The van der Waals surface area contributed by atoms with Crippen LogP contribution in [0.4, 0.5) is 35.9 Å². The fourth-order valence-electron chi connectivity index (χ4n) is 3.36. The molecule has 0 amide bonds. The fraction of sp³-hybridized carbons (Fsp3) is 0.0714. The summed E-state index contributed by atoms with van der Waals surface area (Å²) in [6.45, 7) is 5.70. The lowest BCUT2D eigenvalue weighted by atomic mass is 10.0. The molecule has 8 N–H and O–H groups in total. The van der Waals surface area contributed by atoms with Crippen molar-refractivity contribution in [3.8, 4) is 28.4 Å². The van der Waals surface area contributed by atoms with Crippen LogP contribution in [0.2, 0.25) is 0 Å². The van der Waals surface area contributed by atoms with Crippen molar-refractivity contribution in [2.45, 2.75) is 13.3 Å². The van der Waals surface area contributed by atoms with Gasteiger partial charge in [-0.3, -0.25) is 0 Å². The van der Waals surface area contributed by atoms with E-state index >= 15 is 0 Å². The zero-order chi connectivity index (χ0) is 27.2. The first kappa shape index (κ1) is 26.8. The van der Waals surface area contributed by atoms with Crippen LogP contribution >= 0.6 is 0 Å². The summed E-state index contributed by atoms with van der Waals surface area (Å²) in [5.74, 6) is 0.0659. The van der Waals surface area contributed by atoms with Gasteiger partial charge in [0.15, 0.2) is 0 Å². The van der Waals surface area contributed by atoms with Crippen molar-refractivity contribution in [2.24, 2.45) is 0 Å². The van der Waals surface area contributed by atoms with Crippen molar-refractivity contribution in [1.29, 1.82) is 0 Å². The maximum atomic E-state index is 12.5. The van der Waals surface area contributed by atoms with Gasteiger partial charge in [-0.05, 0) is 66.6 Å². The number of ether oxygens (including phenoxy) is 2. The molecule has 0 saturated carbocycles. The molecule has 37 heavy (non-hydrogen) atoms. The number of anilines is 4. The van der Waals surface area contributed by atoms with Gasteiger partial charge in [0.25, 0.3) is 0 Å². The van der Waals surface area contributed by atoms with Crippen LogP contribution in [-0.2, 0) is 0 Å². The molecule has 0 heterocycles. The van der Waals surface area contributed by atoms with E-state index in [9.17, 15) is 13.2 Å². The third-order valence-corrected chi connectivity index (χ3v) is 5.06. The monoisotopic (exact) mass is 508 g/mol. The second-order valence-corrected chi connectivity index (χ2v) is 8.10. The van der Waals surface area contributed by atoms with Crippen LogP contribution in [-0.4, -0.2) is 6.36 Å². The summed E-state index contributed by atoms with van der Waals surface area (Å²) in [5.41, 5.74) is 28.2. The van der Waals surface area contributed by atoms with Crippen LogP contribution in [0, 0.1) is 0 Å². The Hall–Kier alpha value is -4.79. The Morgan fingerprint density at radius 3 is 1.97 bits per heavy atom. The molecule has 0 saturated heterocycles. The minimum atomic E-state index is -4.80. The van der Waals surface area contributed by atoms with Gasteiger partial charge in [0.1, 0.15) is 17.2 Å². The molecule has 0 aromatic heterocycles. The van der Waals surface area contributed by atoms with E-state index in [1.807, 2.05) is 43.3 Å². The van der Waals surface area contributed by atoms with Crippen LogP contribution in [0.15, 0.2) is 91.5 Å². The second-order valence-electron chi connectivity index (χ2n) is 8.10. The number of rotatable bonds is 5. The molecule has 0 radical (unpaired) electrons. The lowest BCUT2D eigenvalue weighted by Crippen LogP contribution is -2.17. The van der Waals surface area contributed by atoms with Gasteiger partial charge in [-0.1, -0.05) is 36.9 Å². The zero-order valence-electron chi connectivity index (χ0n) is 20.0. The van der Waals surface area contributed by atoms with E-state index < -0.39 is 6.36 Å². The summed E-state index contributed by atoms with van der Waals surface area (Å²) in [4.78, 5) is 0. The highest BCUT2D eigenvalue weighted by molar-refractivity contribution is 5.75. The van der Waals surface area contributed by atoms with Gasteiger partial charge in [-0.15, -0.1) is 13.2 Å². The minimum absolute atomic E-state index is 0.175. The predicted octanol–water partition coefficient (Wildman–Crippen LogP) is 7.09. The Balaban J connectivity index is 0.000000289. The lowest BCUT2D eigenvalue weighted by Gasteiger charge is -2.16. The Kier molecular flexibility index (Phi) is 8.19. The predicted molar refractivity (Wildman–Crippen MR) is 144 cm³/mol. The Labute approximate surface area is 212 Å². The summed E-state index contributed by atoms with van der Waals surface area (Å²) < 4.78 is 47.4. The standard InChI is InChI=1S/C19H15F3N2O2.C9H12N2/c20-19(21,22)26-14-7-8-15(12-4-2-1-3-5-12)18(11-14)25-17-9-6-13(23)10-16(17)24;1-6(2)8-5-7(10)3-4-9(8)11/h1-11H,23-24H2;3-5H,1,10-11H2,2H3. The van der Waals surface area contributed by atoms with Crippen molar-refractivity contribution in [3.63, 3.8) is 0 Å². The molecule has 0 atom stereocenters. The number of halogens is 3. The molecule has 0 aliphatic heterocycles. The molecule has 0 bridgehead atoms. The van der Waals surface area contributed by atoms with Crippen LogP contribution in [0.5, 0.6) is 17.2 Å². The van der Waals surface area contributed by atoms with Gasteiger partial charge in [-0.2, -0.15) is 0 Å². The maximum Gasteiger partial charge on any atom is 0.573 e. The van der Waals surface area contributed by atoms with Gasteiger partial charge in [0, 0.05) is 34.3 Å². The second kappa shape index (κ2) is 11.3. The minimum Gasteiger partial charge on any atom is -0.454 e. The van der Waals surface area contributed by atoms with Crippen molar-refractivity contribution < 1.29 is 22.6 Å². The van der Waals surface area contributed by atoms with Crippen LogP contribution in [0.3, 0.4) is 0 Å². The summed E-state index contributed by atoms with van der Waals surface area (Å²) in [7, 11) is 0. The molecule has 0 aliphatic rings. The van der Waals surface area contributed by atoms with Crippen molar-refractivity contribution in [1.82, 2.24) is 0 Å². The van der Waals surface area contributed by atoms with Gasteiger partial charge in [0.05, 0.1) is 5.69 Å². The number of nitrogen functional groups attached to an aromatic ring is 4. The highest BCUT2D eigenvalue weighted by atomic mass is 19.4. The Morgan fingerprint density at radius 2 is 1.38 bits per heavy atom. The van der Waals surface area contributed by atoms with Gasteiger partial charge < -0.3 is 32.4 Å². The van der Waals surface area contributed by atoms with E-state index in [1.54, 1.807) is 24.3 Å². The molecular weight excluding hydrogens is 481 g/mol. The average Bonchev–Trinajstić information content (AvgIpc) is 2.82. The number of allylic oxidation sites excluding steroid dienone is 1. The van der Waals surface area contributed by atoms with Crippen molar-refractivity contribution >= 4 is 28.3 Å². The molecule has 4 aromatic carbocycles. The first-order chi connectivity index (χ1) is 17.4. The lowest BCUT2D eigenvalue weighted by molar-refractivity contribution is -0.274. The molecule has 4 rings (SSSR count).